The van der Waals surface area contributed by atoms with Gasteiger partial charge in [-0.15, -0.1) is 0 Å². The lowest BCUT2D eigenvalue weighted by Crippen LogP contribution is -2.22. The Labute approximate surface area is 159 Å². The van der Waals surface area contributed by atoms with Gasteiger partial charge in [-0.2, -0.15) is 0 Å². The number of carboxylic acids is 3. The molecule has 0 aliphatic heterocycles. The van der Waals surface area contributed by atoms with Crippen molar-refractivity contribution in [3.63, 3.8) is 0 Å². The van der Waals surface area contributed by atoms with Crippen LogP contribution >= 0.6 is 0 Å². The molecule has 9 nitrogen and oxygen atoms in total. The first-order valence-corrected chi connectivity index (χ1v) is 7.75. The lowest BCUT2D eigenvalue weighted by molar-refractivity contribution is -0.133. The number of hydrogen-bond donors (Lipinski definition) is 6. The van der Waals surface area contributed by atoms with Crippen LogP contribution in [0.3, 0.4) is 0 Å². The van der Waals surface area contributed by atoms with Gasteiger partial charge in [0.1, 0.15) is 0 Å². The Morgan fingerprint density at radius 2 is 1.00 bits per heavy atom. The Balaban J connectivity index is -0.000000133. The van der Waals surface area contributed by atoms with Gasteiger partial charge in [0, 0.05) is 23.3 Å². The topological polar surface area (TPSA) is 173 Å². The molecular formula is C18H32O9. The van der Waals surface area contributed by atoms with E-state index in [4.69, 9.17) is 30.6 Å². The maximum absolute atomic E-state index is 9.60. The Kier molecular flexibility index (Phi) is 23.7. The summed E-state index contributed by atoms with van der Waals surface area (Å²) < 4.78 is 0. The van der Waals surface area contributed by atoms with Crippen LogP contribution in [0.5, 0.6) is 0 Å². The van der Waals surface area contributed by atoms with Gasteiger partial charge in [0.2, 0.25) is 0 Å². The standard InChI is InChI=1S/C6H14O3.3C4H6O2/c1-5(8)6(9)3-2-4-7;3*1-3(2)4(5)6/h5-9H,2-4H2,1H3;3*1H2,2H3,(H,5,6). The molecule has 6 N–H and O–H groups in total. The smallest absolute Gasteiger partial charge is 0.330 e. The van der Waals surface area contributed by atoms with Crippen molar-refractivity contribution < 1.29 is 45.0 Å². The monoisotopic (exact) mass is 392 g/mol. The molecule has 158 valence electrons. The zero-order chi connectivity index (χ0) is 22.7. The first-order valence-electron chi connectivity index (χ1n) is 7.75. The molecule has 2 unspecified atom stereocenters. The number of carbonyl (C=O) groups is 3. The summed E-state index contributed by atoms with van der Waals surface area (Å²) in [4.78, 5) is 28.8. The predicted octanol–water partition coefficient (Wildman–Crippen LogP) is 1.44. The van der Waals surface area contributed by atoms with Gasteiger partial charge in [0.05, 0.1) is 12.2 Å². The van der Waals surface area contributed by atoms with Crippen LogP contribution < -0.4 is 0 Å². The van der Waals surface area contributed by atoms with Gasteiger partial charge in [0.15, 0.2) is 0 Å². The second kappa shape index (κ2) is 19.8. The molecule has 0 aromatic heterocycles. The number of aliphatic hydroxyl groups excluding tert-OH is 3. The zero-order valence-electron chi connectivity index (χ0n) is 16.3. The van der Waals surface area contributed by atoms with Crippen molar-refractivity contribution in [1.82, 2.24) is 0 Å². The largest absolute Gasteiger partial charge is 0.478 e. The van der Waals surface area contributed by atoms with E-state index in [2.05, 4.69) is 19.7 Å². The fourth-order valence-corrected chi connectivity index (χ4v) is 0.542. The average molecular weight is 392 g/mol. The molecule has 0 heterocycles. The highest BCUT2D eigenvalue weighted by Gasteiger charge is 2.08. The molecule has 0 aliphatic carbocycles. The Hall–Kier alpha value is -2.49. The lowest BCUT2D eigenvalue weighted by Gasteiger charge is -2.11. The van der Waals surface area contributed by atoms with Crippen LogP contribution in [0.25, 0.3) is 0 Å². The first-order chi connectivity index (χ1) is 12.1. The molecular weight excluding hydrogens is 360 g/mol. The molecule has 0 aromatic carbocycles. The Morgan fingerprint density at radius 3 is 1.11 bits per heavy atom. The van der Waals surface area contributed by atoms with Crippen LogP contribution in [0.1, 0.15) is 40.5 Å². The summed E-state index contributed by atoms with van der Waals surface area (Å²) in [7, 11) is 0. The van der Waals surface area contributed by atoms with Gasteiger partial charge >= 0.3 is 17.9 Å². The molecule has 0 rings (SSSR count). The summed E-state index contributed by atoms with van der Waals surface area (Å²) in [5.41, 5.74) is 0.528. The maximum Gasteiger partial charge on any atom is 0.330 e. The molecule has 0 saturated heterocycles. The molecule has 0 amide bonds. The summed E-state index contributed by atoms with van der Waals surface area (Å²) in [6, 6.07) is 0. The molecule has 0 aromatic rings. The van der Waals surface area contributed by atoms with E-state index in [1.807, 2.05) is 0 Å². The molecule has 0 aliphatic rings. The van der Waals surface area contributed by atoms with Crippen molar-refractivity contribution in [2.45, 2.75) is 52.7 Å². The van der Waals surface area contributed by atoms with Crippen LogP contribution in [-0.2, 0) is 14.4 Å². The minimum atomic E-state index is -0.935. The predicted molar refractivity (Wildman–Crippen MR) is 101 cm³/mol. The van der Waals surface area contributed by atoms with Crippen molar-refractivity contribution in [1.29, 1.82) is 0 Å². The number of aliphatic hydroxyl groups is 3. The highest BCUT2D eigenvalue weighted by molar-refractivity contribution is 5.85. The van der Waals surface area contributed by atoms with E-state index in [-0.39, 0.29) is 23.3 Å². The highest BCUT2D eigenvalue weighted by Crippen LogP contribution is 2.00. The number of rotatable bonds is 7. The first kappa shape index (κ1) is 32.2. The SMILES string of the molecule is C=C(C)C(=O)O.C=C(C)C(=O)O.C=C(C)C(=O)O.CC(O)C(O)CCCO. The Bertz CT molecular complexity index is 400. The van der Waals surface area contributed by atoms with Crippen molar-refractivity contribution >= 4 is 17.9 Å². The zero-order valence-corrected chi connectivity index (χ0v) is 16.3. The van der Waals surface area contributed by atoms with E-state index < -0.39 is 30.1 Å². The van der Waals surface area contributed by atoms with Gasteiger partial charge in [0.25, 0.3) is 0 Å². The van der Waals surface area contributed by atoms with Crippen molar-refractivity contribution in [3.8, 4) is 0 Å². The highest BCUT2D eigenvalue weighted by atomic mass is 16.4. The summed E-state index contributed by atoms with van der Waals surface area (Å²) in [5.74, 6) is -2.81. The van der Waals surface area contributed by atoms with Gasteiger partial charge < -0.3 is 30.6 Å². The van der Waals surface area contributed by atoms with E-state index in [1.165, 1.54) is 27.7 Å². The summed E-state index contributed by atoms with van der Waals surface area (Å²) >= 11 is 0. The third-order valence-electron chi connectivity index (χ3n) is 2.31. The maximum atomic E-state index is 9.60. The fourth-order valence-electron chi connectivity index (χ4n) is 0.542. The third-order valence-corrected chi connectivity index (χ3v) is 2.31. The van der Waals surface area contributed by atoms with Crippen molar-refractivity contribution in [2.24, 2.45) is 0 Å². The minimum Gasteiger partial charge on any atom is -0.478 e. The van der Waals surface area contributed by atoms with Crippen molar-refractivity contribution in [3.05, 3.63) is 36.5 Å². The molecule has 0 fully saturated rings. The van der Waals surface area contributed by atoms with Gasteiger partial charge in [-0.3, -0.25) is 0 Å². The number of aliphatic carboxylic acids is 3. The van der Waals surface area contributed by atoms with E-state index in [9.17, 15) is 14.4 Å². The van der Waals surface area contributed by atoms with E-state index in [1.54, 1.807) is 0 Å². The van der Waals surface area contributed by atoms with E-state index in [0.717, 1.165) is 0 Å². The van der Waals surface area contributed by atoms with Gasteiger partial charge in [-0.1, -0.05) is 19.7 Å². The van der Waals surface area contributed by atoms with Crippen molar-refractivity contribution in [2.75, 3.05) is 6.61 Å². The van der Waals surface area contributed by atoms with Gasteiger partial charge in [-0.05, 0) is 40.5 Å². The summed E-state index contributed by atoms with van der Waals surface area (Å²) in [6.45, 7) is 15.4. The second-order valence-electron chi connectivity index (χ2n) is 5.43. The quantitative estimate of drug-likeness (QED) is 0.350. The fraction of sp³-hybridized carbons (Fsp3) is 0.500. The van der Waals surface area contributed by atoms with E-state index in [0.29, 0.717) is 12.8 Å². The molecule has 0 bridgehead atoms. The molecule has 27 heavy (non-hydrogen) atoms. The molecule has 0 saturated carbocycles. The third kappa shape index (κ3) is 35.5. The second-order valence-corrected chi connectivity index (χ2v) is 5.43. The molecule has 2 atom stereocenters. The Morgan fingerprint density at radius 1 is 0.778 bits per heavy atom. The van der Waals surface area contributed by atoms with Gasteiger partial charge in [-0.25, -0.2) is 14.4 Å². The van der Waals surface area contributed by atoms with Crippen LogP contribution in [-0.4, -0.2) is 67.4 Å². The number of carboxylic acid groups (broad SMARTS) is 3. The summed E-state index contributed by atoms with van der Waals surface area (Å²) in [6.07, 6.45) is -0.353. The summed E-state index contributed by atoms with van der Waals surface area (Å²) in [5, 5.41) is 49.6. The normalized spacial score (nSPS) is 10.8. The molecule has 0 spiro atoms. The van der Waals surface area contributed by atoms with Crippen LogP contribution in [0, 0.1) is 0 Å². The lowest BCUT2D eigenvalue weighted by atomic mass is 10.1. The van der Waals surface area contributed by atoms with E-state index >= 15 is 0 Å². The van der Waals surface area contributed by atoms with Crippen LogP contribution in [0.15, 0.2) is 36.5 Å². The van der Waals surface area contributed by atoms with Crippen LogP contribution in [0.2, 0.25) is 0 Å². The molecule has 0 radical (unpaired) electrons. The average Bonchev–Trinajstić information content (AvgIpc) is 2.53. The number of hydrogen-bond acceptors (Lipinski definition) is 6. The molecule has 9 heteroatoms. The van der Waals surface area contributed by atoms with Crippen LogP contribution in [0.4, 0.5) is 0 Å². The minimum absolute atomic E-state index is 0.0732.